The number of alkyl halides is 1. The molecule has 3 rings (SSSR count). The van der Waals surface area contributed by atoms with Crippen molar-refractivity contribution in [3.05, 3.63) is 0 Å². The van der Waals surface area contributed by atoms with Gasteiger partial charge >= 0.3 is 0 Å². The Morgan fingerprint density at radius 1 is 0.524 bits per heavy atom. The third-order valence-electron chi connectivity index (χ3n) is 6.97. The van der Waals surface area contributed by atoms with E-state index in [1.165, 1.54) is 83.5 Å². The molecule has 3 saturated carbocycles. The van der Waals surface area contributed by atoms with Crippen LogP contribution < -0.4 is 0 Å². The smallest absolute Gasteiger partial charge is 0.100 e. The molecule has 3 aliphatic rings. The van der Waals surface area contributed by atoms with E-state index in [2.05, 4.69) is 0 Å². The summed E-state index contributed by atoms with van der Waals surface area (Å²) >= 11 is 0. The van der Waals surface area contributed by atoms with Crippen molar-refractivity contribution in [2.24, 2.45) is 23.7 Å². The van der Waals surface area contributed by atoms with E-state index in [0.717, 1.165) is 36.5 Å². The van der Waals surface area contributed by atoms with E-state index in [0.29, 0.717) is 0 Å². The quantitative estimate of drug-likeness (QED) is 0.542. The molecule has 0 N–H and O–H groups in total. The molecule has 122 valence electrons. The SMILES string of the molecule is FC1CCC(CCC2CCC(C3CCCCC3)CC2)CC1. The van der Waals surface area contributed by atoms with Gasteiger partial charge in [0, 0.05) is 0 Å². The second-order valence-corrected chi connectivity index (χ2v) is 8.37. The van der Waals surface area contributed by atoms with Crippen LogP contribution in [0.1, 0.15) is 96.3 Å². The summed E-state index contributed by atoms with van der Waals surface area (Å²) in [5.41, 5.74) is 0. The van der Waals surface area contributed by atoms with Crippen LogP contribution in [0, 0.1) is 23.7 Å². The first-order valence-corrected chi connectivity index (χ1v) is 9.95. The van der Waals surface area contributed by atoms with Gasteiger partial charge in [-0.2, -0.15) is 0 Å². The molecule has 0 atom stereocenters. The Bertz CT molecular complexity index is 278. The van der Waals surface area contributed by atoms with Crippen LogP contribution in [0.2, 0.25) is 0 Å². The number of hydrogen-bond acceptors (Lipinski definition) is 0. The third kappa shape index (κ3) is 4.70. The lowest BCUT2D eigenvalue weighted by atomic mass is 9.70. The van der Waals surface area contributed by atoms with Crippen LogP contribution in [0.4, 0.5) is 4.39 Å². The van der Waals surface area contributed by atoms with E-state index in [9.17, 15) is 4.39 Å². The standard InChI is InChI=1S/C20H35F/c21-20-14-10-17(11-15-20)7-6-16-8-12-19(13-9-16)18-4-2-1-3-5-18/h16-20H,1-15H2. The number of hydrogen-bond donors (Lipinski definition) is 0. The first kappa shape index (κ1) is 15.8. The normalized spacial score (nSPS) is 39.3. The fourth-order valence-electron chi connectivity index (χ4n) is 5.44. The zero-order valence-electron chi connectivity index (χ0n) is 13.9. The van der Waals surface area contributed by atoms with Crippen molar-refractivity contribution in [1.29, 1.82) is 0 Å². The van der Waals surface area contributed by atoms with Crippen LogP contribution in [-0.2, 0) is 0 Å². The molecule has 0 radical (unpaired) electrons. The van der Waals surface area contributed by atoms with Gasteiger partial charge in [0.2, 0.25) is 0 Å². The lowest BCUT2D eigenvalue weighted by Crippen LogP contribution is -2.24. The summed E-state index contributed by atoms with van der Waals surface area (Å²) in [6.07, 6.45) is 20.0. The van der Waals surface area contributed by atoms with Gasteiger partial charge in [-0.15, -0.1) is 0 Å². The average molecular weight is 294 g/mol. The predicted molar refractivity (Wildman–Crippen MR) is 88.1 cm³/mol. The van der Waals surface area contributed by atoms with Crippen LogP contribution in [0.15, 0.2) is 0 Å². The number of rotatable bonds is 4. The molecule has 0 aromatic heterocycles. The molecule has 0 aliphatic heterocycles. The zero-order chi connectivity index (χ0) is 14.5. The average Bonchev–Trinajstić information content (AvgIpc) is 2.56. The molecule has 0 unspecified atom stereocenters. The lowest BCUT2D eigenvalue weighted by Gasteiger charge is -2.36. The van der Waals surface area contributed by atoms with Crippen LogP contribution in [0.3, 0.4) is 0 Å². The van der Waals surface area contributed by atoms with Gasteiger partial charge in [-0.3, -0.25) is 0 Å². The molecule has 0 nitrogen and oxygen atoms in total. The minimum absolute atomic E-state index is 0.479. The van der Waals surface area contributed by atoms with Crippen LogP contribution in [0.5, 0.6) is 0 Å². The van der Waals surface area contributed by atoms with Crippen molar-refractivity contribution in [3.8, 4) is 0 Å². The van der Waals surface area contributed by atoms with Crippen LogP contribution in [0.25, 0.3) is 0 Å². The maximum atomic E-state index is 13.2. The molecule has 1 heteroatoms. The highest BCUT2D eigenvalue weighted by Crippen LogP contribution is 2.41. The molecule has 0 saturated heterocycles. The molecule has 21 heavy (non-hydrogen) atoms. The summed E-state index contributed by atoms with van der Waals surface area (Å²) < 4.78 is 13.2. The minimum Gasteiger partial charge on any atom is -0.247 e. The van der Waals surface area contributed by atoms with Gasteiger partial charge in [-0.05, 0) is 62.2 Å². The Kier molecular flexibility index (Phi) is 6.00. The van der Waals surface area contributed by atoms with Gasteiger partial charge in [0.25, 0.3) is 0 Å². The van der Waals surface area contributed by atoms with Gasteiger partial charge in [0.05, 0.1) is 0 Å². The first-order valence-electron chi connectivity index (χ1n) is 9.95. The van der Waals surface area contributed by atoms with Crippen LogP contribution >= 0.6 is 0 Å². The molecule has 0 spiro atoms. The minimum atomic E-state index is -0.479. The van der Waals surface area contributed by atoms with E-state index in [4.69, 9.17) is 0 Å². The summed E-state index contributed by atoms with van der Waals surface area (Å²) in [7, 11) is 0. The lowest BCUT2D eigenvalue weighted by molar-refractivity contribution is 0.152. The molecule has 0 bridgehead atoms. The van der Waals surface area contributed by atoms with Crippen molar-refractivity contribution in [1.82, 2.24) is 0 Å². The summed E-state index contributed by atoms with van der Waals surface area (Å²) in [5.74, 6) is 4.02. The summed E-state index contributed by atoms with van der Waals surface area (Å²) in [5, 5.41) is 0. The van der Waals surface area contributed by atoms with Crippen LogP contribution in [-0.4, -0.2) is 6.17 Å². The van der Waals surface area contributed by atoms with Crippen molar-refractivity contribution in [2.45, 2.75) is 102 Å². The molecule has 3 aliphatic carbocycles. The second-order valence-electron chi connectivity index (χ2n) is 8.37. The largest absolute Gasteiger partial charge is 0.247 e. The first-order chi connectivity index (χ1) is 10.3. The Balaban J connectivity index is 1.32. The maximum absolute atomic E-state index is 13.2. The Labute approximate surface area is 131 Å². The predicted octanol–water partition coefficient (Wildman–Crippen LogP) is 6.68. The van der Waals surface area contributed by atoms with Gasteiger partial charge in [-0.25, -0.2) is 4.39 Å². The van der Waals surface area contributed by atoms with Gasteiger partial charge in [0.15, 0.2) is 0 Å². The zero-order valence-corrected chi connectivity index (χ0v) is 13.9. The second kappa shape index (κ2) is 7.97. The fraction of sp³-hybridized carbons (Fsp3) is 1.00. The molecular weight excluding hydrogens is 259 g/mol. The van der Waals surface area contributed by atoms with Crippen molar-refractivity contribution in [2.75, 3.05) is 0 Å². The van der Waals surface area contributed by atoms with E-state index < -0.39 is 6.17 Å². The molecule has 0 aromatic rings. The highest BCUT2D eigenvalue weighted by molar-refractivity contribution is 4.81. The molecule has 0 amide bonds. The van der Waals surface area contributed by atoms with Gasteiger partial charge < -0.3 is 0 Å². The van der Waals surface area contributed by atoms with E-state index in [1.807, 2.05) is 0 Å². The highest BCUT2D eigenvalue weighted by Gasteiger charge is 2.29. The molecule has 0 heterocycles. The monoisotopic (exact) mass is 294 g/mol. The van der Waals surface area contributed by atoms with Crippen molar-refractivity contribution in [3.63, 3.8) is 0 Å². The Morgan fingerprint density at radius 3 is 1.57 bits per heavy atom. The number of halogens is 1. The fourth-order valence-corrected chi connectivity index (χ4v) is 5.44. The topological polar surface area (TPSA) is 0 Å². The van der Waals surface area contributed by atoms with E-state index in [1.54, 1.807) is 0 Å². The highest BCUT2D eigenvalue weighted by atomic mass is 19.1. The Hall–Kier alpha value is -0.0700. The van der Waals surface area contributed by atoms with Gasteiger partial charge in [-0.1, -0.05) is 57.8 Å². The van der Waals surface area contributed by atoms with Crippen molar-refractivity contribution >= 4 is 0 Å². The molecule has 0 aromatic carbocycles. The maximum Gasteiger partial charge on any atom is 0.100 e. The van der Waals surface area contributed by atoms with Gasteiger partial charge in [0.1, 0.15) is 6.17 Å². The third-order valence-corrected chi connectivity index (χ3v) is 6.97. The summed E-state index contributed by atoms with van der Waals surface area (Å²) in [6, 6.07) is 0. The summed E-state index contributed by atoms with van der Waals surface area (Å²) in [6.45, 7) is 0. The Morgan fingerprint density at radius 2 is 1.00 bits per heavy atom. The van der Waals surface area contributed by atoms with E-state index in [-0.39, 0.29) is 0 Å². The molecular formula is C20H35F. The molecule has 3 fully saturated rings. The van der Waals surface area contributed by atoms with Crippen molar-refractivity contribution < 1.29 is 4.39 Å². The van der Waals surface area contributed by atoms with E-state index >= 15 is 0 Å². The summed E-state index contributed by atoms with van der Waals surface area (Å²) in [4.78, 5) is 0.